The minimum absolute atomic E-state index is 0.0630. The number of benzene rings is 3. The van der Waals surface area contributed by atoms with Gasteiger partial charge in [-0.1, -0.05) is 24.3 Å². The first-order valence-corrected chi connectivity index (χ1v) is 16.2. The molecule has 2 amide bonds. The minimum Gasteiger partial charge on any atom is -0.494 e. The average molecular weight is 598 g/mol. The van der Waals surface area contributed by atoms with E-state index < -0.39 is 28.5 Å². The van der Waals surface area contributed by atoms with Gasteiger partial charge in [-0.05, 0) is 101 Å². The second kappa shape index (κ2) is 14.4. The summed E-state index contributed by atoms with van der Waals surface area (Å²) in [5, 5.41) is 2.87. The number of carbonyl (C=O) groups is 2. The van der Waals surface area contributed by atoms with Crippen LogP contribution < -0.4 is 14.4 Å². The highest BCUT2D eigenvalue weighted by Gasteiger charge is 2.33. The van der Waals surface area contributed by atoms with E-state index in [2.05, 4.69) is 5.32 Å². The zero-order chi connectivity index (χ0) is 30.2. The third-order valence-corrected chi connectivity index (χ3v) is 9.09. The monoisotopic (exact) mass is 597 g/mol. The van der Waals surface area contributed by atoms with E-state index in [0.717, 1.165) is 20.3 Å². The molecule has 1 atom stereocenters. The molecule has 0 bridgehead atoms. The summed E-state index contributed by atoms with van der Waals surface area (Å²) in [4.78, 5) is 29.5. The molecule has 41 heavy (non-hydrogen) atoms. The van der Waals surface area contributed by atoms with Gasteiger partial charge in [-0.25, -0.2) is 8.42 Å². The molecule has 3 aromatic rings. The molecular weight excluding hydrogens is 558 g/mol. The number of nitrogens with zero attached hydrogens (tertiary/aromatic N) is 2. The molecule has 1 N–H and O–H groups in total. The van der Waals surface area contributed by atoms with E-state index in [1.807, 2.05) is 58.2 Å². The van der Waals surface area contributed by atoms with E-state index in [1.54, 1.807) is 43.3 Å². The van der Waals surface area contributed by atoms with Gasteiger partial charge in [0.05, 0.1) is 17.2 Å². The number of hydrogen-bond acceptors (Lipinski definition) is 6. The molecule has 3 aromatic carbocycles. The molecule has 0 aliphatic carbocycles. The number of ether oxygens (including phenoxy) is 1. The van der Waals surface area contributed by atoms with Gasteiger partial charge in [-0.2, -0.15) is 0 Å². The van der Waals surface area contributed by atoms with Crippen molar-refractivity contribution in [3.63, 3.8) is 0 Å². The van der Waals surface area contributed by atoms with Crippen molar-refractivity contribution >= 4 is 39.3 Å². The summed E-state index contributed by atoms with van der Waals surface area (Å²) < 4.78 is 34.6. The maximum atomic E-state index is 14.0. The van der Waals surface area contributed by atoms with Crippen LogP contribution >= 0.6 is 11.8 Å². The first-order valence-electron chi connectivity index (χ1n) is 13.5. The highest BCUT2D eigenvalue weighted by atomic mass is 32.2. The number of sulfonamides is 1. The molecule has 0 heterocycles. The Hall–Kier alpha value is -3.50. The van der Waals surface area contributed by atoms with Gasteiger partial charge < -0.3 is 15.0 Å². The molecule has 0 aliphatic heterocycles. The van der Waals surface area contributed by atoms with Crippen LogP contribution in [0.2, 0.25) is 0 Å². The minimum atomic E-state index is -4.14. The molecule has 8 nitrogen and oxygen atoms in total. The zero-order valence-corrected chi connectivity index (χ0v) is 26.1. The van der Waals surface area contributed by atoms with Crippen LogP contribution in [0.1, 0.15) is 38.8 Å². The van der Waals surface area contributed by atoms with Crippen LogP contribution in [0.5, 0.6) is 5.75 Å². The lowest BCUT2D eigenvalue weighted by Gasteiger charge is -2.32. The number of amides is 2. The van der Waals surface area contributed by atoms with Crippen molar-refractivity contribution < 1.29 is 22.7 Å². The number of carbonyl (C=O) groups excluding carboxylic acids is 2. The summed E-state index contributed by atoms with van der Waals surface area (Å²) in [5.74, 6) is -0.229. The molecule has 0 fully saturated rings. The van der Waals surface area contributed by atoms with E-state index in [4.69, 9.17) is 4.74 Å². The fourth-order valence-corrected chi connectivity index (χ4v) is 6.06. The van der Waals surface area contributed by atoms with Gasteiger partial charge in [0.15, 0.2) is 0 Å². The van der Waals surface area contributed by atoms with Crippen LogP contribution in [0.3, 0.4) is 0 Å². The Kier molecular flexibility index (Phi) is 11.3. The Labute approximate surface area is 248 Å². The van der Waals surface area contributed by atoms with Gasteiger partial charge in [0.25, 0.3) is 10.0 Å². The Morgan fingerprint density at radius 2 is 1.59 bits per heavy atom. The molecule has 3 rings (SSSR count). The number of thioether (sulfide) groups is 1. The molecule has 1 unspecified atom stereocenters. The second-order valence-electron chi connectivity index (χ2n) is 9.90. The zero-order valence-electron chi connectivity index (χ0n) is 24.5. The molecule has 10 heteroatoms. The smallest absolute Gasteiger partial charge is 0.264 e. The first-order chi connectivity index (χ1) is 19.5. The van der Waals surface area contributed by atoms with Crippen LogP contribution in [0.4, 0.5) is 5.69 Å². The van der Waals surface area contributed by atoms with Crippen molar-refractivity contribution in [2.24, 2.45) is 0 Å². The SMILES string of the molecule is CCOc1ccc(N(CC(=O)N(Cc2ccccc2C)C(C)C(=O)NC(C)C)S(=O)(=O)c2ccc(SC)cc2)cc1. The van der Waals surface area contributed by atoms with Gasteiger partial charge >= 0.3 is 0 Å². The van der Waals surface area contributed by atoms with Crippen LogP contribution in [0.25, 0.3) is 0 Å². The Bertz CT molecular complexity index is 1420. The van der Waals surface area contributed by atoms with Gasteiger partial charge in [0.2, 0.25) is 11.8 Å². The molecule has 220 valence electrons. The predicted molar refractivity (Wildman–Crippen MR) is 165 cm³/mol. The lowest BCUT2D eigenvalue weighted by Crippen LogP contribution is -2.52. The summed E-state index contributed by atoms with van der Waals surface area (Å²) in [7, 11) is -4.14. The standard InChI is InChI=1S/C31H39N3O5S2/c1-7-39-27-14-12-26(13-15-27)34(41(37,38)29-18-16-28(40-6)17-19-29)21-30(35)33(24(5)31(36)32-22(2)3)20-25-11-9-8-10-23(25)4/h8-19,22,24H,7,20-21H2,1-6H3,(H,32,36). The highest BCUT2D eigenvalue weighted by Crippen LogP contribution is 2.28. The first kappa shape index (κ1) is 32.0. The molecule has 0 saturated heterocycles. The summed E-state index contributed by atoms with van der Waals surface area (Å²) in [6, 6.07) is 19.8. The van der Waals surface area contributed by atoms with E-state index in [1.165, 1.54) is 28.8 Å². The number of rotatable bonds is 13. The summed E-state index contributed by atoms with van der Waals surface area (Å²) in [5.41, 5.74) is 2.14. The summed E-state index contributed by atoms with van der Waals surface area (Å²) in [6.07, 6.45) is 1.91. The normalized spacial score (nSPS) is 12.1. The summed E-state index contributed by atoms with van der Waals surface area (Å²) in [6.45, 7) is 9.27. The largest absolute Gasteiger partial charge is 0.494 e. The number of aryl methyl sites for hydroxylation is 1. The number of nitrogens with one attached hydrogen (secondary N) is 1. The van der Waals surface area contributed by atoms with E-state index in [9.17, 15) is 18.0 Å². The Morgan fingerprint density at radius 3 is 2.15 bits per heavy atom. The van der Waals surface area contributed by atoms with Crippen molar-refractivity contribution in [1.82, 2.24) is 10.2 Å². The molecule has 0 saturated carbocycles. The van der Waals surface area contributed by atoms with Crippen molar-refractivity contribution in [3.05, 3.63) is 83.9 Å². The Balaban J connectivity index is 2.05. The van der Waals surface area contributed by atoms with E-state index in [-0.39, 0.29) is 23.4 Å². The number of anilines is 1. The van der Waals surface area contributed by atoms with Crippen molar-refractivity contribution in [1.29, 1.82) is 0 Å². The lowest BCUT2D eigenvalue weighted by molar-refractivity contribution is -0.139. The van der Waals surface area contributed by atoms with Crippen LogP contribution in [0.15, 0.2) is 82.6 Å². The van der Waals surface area contributed by atoms with E-state index in [0.29, 0.717) is 18.0 Å². The fourth-order valence-electron chi connectivity index (χ4n) is 4.24. The van der Waals surface area contributed by atoms with Crippen molar-refractivity contribution in [2.45, 2.75) is 63.0 Å². The molecule has 0 aromatic heterocycles. The topological polar surface area (TPSA) is 96.0 Å². The number of hydrogen-bond donors (Lipinski definition) is 1. The second-order valence-corrected chi connectivity index (χ2v) is 12.6. The molecular formula is C31H39N3O5S2. The van der Waals surface area contributed by atoms with Gasteiger partial charge in [0.1, 0.15) is 18.3 Å². The molecule has 0 aliphatic rings. The van der Waals surface area contributed by atoms with Crippen LogP contribution in [-0.4, -0.2) is 56.6 Å². The summed E-state index contributed by atoms with van der Waals surface area (Å²) >= 11 is 1.50. The van der Waals surface area contributed by atoms with Crippen molar-refractivity contribution in [2.75, 3.05) is 23.7 Å². The lowest BCUT2D eigenvalue weighted by atomic mass is 10.1. The third kappa shape index (κ3) is 8.27. The highest BCUT2D eigenvalue weighted by molar-refractivity contribution is 7.98. The Morgan fingerprint density at radius 1 is 0.951 bits per heavy atom. The van der Waals surface area contributed by atoms with Crippen LogP contribution in [-0.2, 0) is 26.2 Å². The van der Waals surface area contributed by atoms with Crippen LogP contribution in [0, 0.1) is 6.92 Å². The van der Waals surface area contributed by atoms with Gasteiger partial charge in [-0.15, -0.1) is 11.8 Å². The van der Waals surface area contributed by atoms with Crippen molar-refractivity contribution in [3.8, 4) is 5.75 Å². The molecule has 0 radical (unpaired) electrons. The quantitative estimate of drug-likeness (QED) is 0.270. The predicted octanol–water partition coefficient (Wildman–Crippen LogP) is 5.25. The van der Waals surface area contributed by atoms with Gasteiger partial charge in [0, 0.05) is 17.5 Å². The maximum Gasteiger partial charge on any atom is 0.264 e. The van der Waals surface area contributed by atoms with E-state index >= 15 is 0 Å². The maximum absolute atomic E-state index is 14.0. The third-order valence-electron chi connectivity index (χ3n) is 6.56. The fraction of sp³-hybridized carbons (Fsp3) is 0.355. The molecule has 0 spiro atoms. The van der Waals surface area contributed by atoms with Gasteiger partial charge in [-0.3, -0.25) is 13.9 Å². The average Bonchev–Trinajstić information content (AvgIpc) is 2.95.